The highest BCUT2D eigenvalue weighted by Gasteiger charge is 2.13. The first-order valence-corrected chi connectivity index (χ1v) is 5.49. The lowest BCUT2D eigenvalue weighted by molar-refractivity contribution is -0.123. The Morgan fingerprint density at radius 1 is 1.56 bits per heavy atom. The van der Waals surface area contributed by atoms with Gasteiger partial charge in [-0.15, -0.1) is 0 Å². The van der Waals surface area contributed by atoms with E-state index < -0.39 is 12.0 Å². The summed E-state index contributed by atoms with van der Waals surface area (Å²) in [6.45, 7) is 2.64. The number of amides is 1. The van der Waals surface area contributed by atoms with Crippen molar-refractivity contribution in [3.05, 3.63) is 23.8 Å². The average Bonchev–Trinajstić information content (AvgIpc) is 2.28. The van der Waals surface area contributed by atoms with Gasteiger partial charge in [0.05, 0.1) is 0 Å². The van der Waals surface area contributed by atoms with Gasteiger partial charge in [-0.1, -0.05) is 6.07 Å². The van der Waals surface area contributed by atoms with E-state index in [2.05, 4.69) is 5.32 Å². The molecule has 0 aliphatic carbocycles. The smallest absolute Gasteiger partial charge is 0.258 e. The van der Waals surface area contributed by atoms with Crippen LogP contribution < -0.4 is 15.8 Å². The second kappa shape index (κ2) is 4.43. The number of carbonyl (C=O) groups excluding carboxylic acids is 1. The molecule has 0 aromatic heterocycles. The monoisotopic (exact) mass is 220 g/mol. The van der Waals surface area contributed by atoms with Gasteiger partial charge in [0.15, 0.2) is 6.10 Å². The number of primary amides is 1. The van der Waals surface area contributed by atoms with Crippen molar-refractivity contribution < 1.29 is 9.53 Å². The van der Waals surface area contributed by atoms with Crippen molar-refractivity contribution in [2.75, 3.05) is 11.9 Å². The molecule has 1 amide bonds. The molecule has 4 heteroatoms. The Morgan fingerprint density at radius 2 is 2.38 bits per heavy atom. The molecule has 1 aliphatic rings. The molecule has 16 heavy (non-hydrogen) atoms. The van der Waals surface area contributed by atoms with Crippen LogP contribution in [0.5, 0.6) is 5.75 Å². The Morgan fingerprint density at radius 3 is 3.12 bits per heavy atom. The Hall–Kier alpha value is -1.71. The number of ether oxygens (including phenoxy) is 1. The normalized spacial score (nSPS) is 15.8. The fraction of sp³-hybridized carbons (Fsp3) is 0.417. The minimum absolute atomic E-state index is 0.453. The molecule has 1 unspecified atom stereocenters. The highest BCUT2D eigenvalue weighted by Crippen LogP contribution is 2.27. The summed E-state index contributed by atoms with van der Waals surface area (Å²) in [5.41, 5.74) is 7.54. The van der Waals surface area contributed by atoms with Crippen LogP contribution in [-0.4, -0.2) is 18.6 Å². The van der Waals surface area contributed by atoms with Crippen molar-refractivity contribution in [3.63, 3.8) is 0 Å². The van der Waals surface area contributed by atoms with Gasteiger partial charge < -0.3 is 15.8 Å². The van der Waals surface area contributed by atoms with Crippen molar-refractivity contribution in [2.24, 2.45) is 5.73 Å². The maximum absolute atomic E-state index is 10.9. The minimum atomic E-state index is -0.596. The van der Waals surface area contributed by atoms with Crippen LogP contribution in [0.15, 0.2) is 18.2 Å². The van der Waals surface area contributed by atoms with Crippen molar-refractivity contribution >= 4 is 11.6 Å². The largest absolute Gasteiger partial charge is 0.481 e. The number of carbonyl (C=O) groups is 1. The summed E-state index contributed by atoms with van der Waals surface area (Å²) in [5, 5.41) is 3.31. The van der Waals surface area contributed by atoms with Crippen LogP contribution in [0.25, 0.3) is 0 Å². The van der Waals surface area contributed by atoms with Crippen LogP contribution in [0.2, 0.25) is 0 Å². The molecule has 1 atom stereocenters. The van der Waals surface area contributed by atoms with Crippen LogP contribution in [-0.2, 0) is 11.2 Å². The second-order valence-corrected chi connectivity index (χ2v) is 4.01. The third-order valence-electron chi connectivity index (χ3n) is 2.73. The average molecular weight is 220 g/mol. The van der Waals surface area contributed by atoms with E-state index in [0.717, 1.165) is 25.1 Å². The van der Waals surface area contributed by atoms with Gasteiger partial charge in [0.25, 0.3) is 5.91 Å². The van der Waals surface area contributed by atoms with E-state index in [-0.39, 0.29) is 0 Å². The zero-order valence-corrected chi connectivity index (χ0v) is 9.32. The first-order chi connectivity index (χ1) is 7.66. The summed E-state index contributed by atoms with van der Waals surface area (Å²) in [6.07, 6.45) is 1.65. The van der Waals surface area contributed by atoms with Gasteiger partial charge in [0.2, 0.25) is 0 Å². The minimum Gasteiger partial charge on any atom is -0.481 e. The Kier molecular flexibility index (Phi) is 2.99. The molecule has 4 nitrogen and oxygen atoms in total. The van der Waals surface area contributed by atoms with Crippen molar-refractivity contribution in [1.29, 1.82) is 0 Å². The van der Waals surface area contributed by atoms with E-state index >= 15 is 0 Å². The van der Waals surface area contributed by atoms with Gasteiger partial charge in [-0.2, -0.15) is 0 Å². The molecule has 0 fully saturated rings. The molecule has 0 radical (unpaired) electrons. The Labute approximate surface area is 94.8 Å². The number of fused-ring (bicyclic) bond motifs is 1. The molecule has 0 saturated carbocycles. The van der Waals surface area contributed by atoms with Gasteiger partial charge in [-0.3, -0.25) is 4.79 Å². The lowest BCUT2D eigenvalue weighted by Crippen LogP contribution is -2.30. The van der Waals surface area contributed by atoms with E-state index in [4.69, 9.17) is 10.5 Å². The fourth-order valence-corrected chi connectivity index (χ4v) is 1.78. The summed E-state index contributed by atoms with van der Waals surface area (Å²) in [4.78, 5) is 10.9. The summed E-state index contributed by atoms with van der Waals surface area (Å²) >= 11 is 0. The van der Waals surface area contributed by atoms with E-state index in [1.54, 1.807) is 6.92 Å². The molecular formula is C12H16N2O2. The molecule has 1 aromatic carbocycles. The number of hydrogen-bond donors (Lipinski definition) is 2. The number of nitrogens with one attached hydrogen (secondary N) is 1. The summed E-state index contributed by atoms with van der Waals surface area (Å²) in [5.74, 6) is 0.227. The second-order valence-electron chi connectivity index (χ2n) is 4.01. The summed E-state index contributed by atoms with van der Waals surface area (Å²) in [7, 11) is 0. The quantitative estimate of drug-likeness (QED) is 0.807. The van der Waals surface area contributed by atoms with Crippen molar-refractivity contribution in [3.8, 4) is 5.75 Å². The van der Waals surface area contributed by atoms with Gasteiger partial charge in [-0.05, 0) is 31.4 Å². The maximum Gasteiger partial charge on any atom is 0.258 e. The molecule has 0 saturated heterocycles. The summed E-state index contributed by atoms with van der Waals surface area (Å²) < 4.78 is 5.43. The van der Waals surface area contributed by atoms with Crippen LogP contribution in [0.1, 0.15) is 18.9 Å². The zero-order valence-electron chi connectivity index (χ0n) is 9.32. The number of benzene rings is 1. The van der Waals surface area contributed by atoms with E-state index in [9.17, 15) is 4.79 Å². The van der Waals surface area contributed by atoms with Crippen LogP contribution in [0, 0.1) is 0 Å². The third kappa shape index (κ3) is 2.27. The predicted octanol–water partition coefficient (Wildman–Crippen LogP) is 1.30. The SMILES string of the molecule is CC(Oc1ccc2c(c1)NCCC2)C(N)=O. The fourth-order valence-electron chi connectivity index (χ4n) is 1.78. The molecule has 1 aliphatic heterocycles. The number of nitrogens with two attached hydrogens (primary N) is 1. The first kappa shape index (κ1) is 10.8. The number of anilines is 1. The van der Waals surface area contributed by atoms with Crippen LogP contribution in [0.4, 0.5) is 5.69 Å². The van der Waals surface area contributed by atoms with Crippen molar-refractivity contribution in [2.45, 2.75) is 25.9 Å². The van der Waals surface area contributed by atoms with E-state index in [0.29, 0.717) is 5.75 Å². The Bertz CT molecular complexity index is 404. The highest BCUT2D eigenvalue weighted by atomic mass is 16.5. The molecule has 1 heterocycles. The predicted molar refractivity (Wildman–Crippen MR) is 62.5 cm³/mol. The number of rotatable bonds is 3. The standard InChI is InChI=1S/C12H16N2O2/c1-8(12(13)15)16-10-5-4-9-3-2-6-14-11(9)7-10/h4-5,7-8,14H,2-3,6H2,1H3,(H2,13,15). The van der Waals surface area contributed by atoms with Gasteiger partial charge in [0.1, 0.15) is 5.75 Å². The molecule has 1 aromatic rings. The zero-order chi connectivity index (χ0) is 11.5. The highest BCUT2D eigenvalue weighted by molar-refractivity contribution is 5.78. The molecule has 86 valence electrons. The van der Waals surface area contributed by atoms with Gasteiger partial charge in [-0.25, -0.2) is 0 Å². The molecule has 2 rings (SSSR count). The molecule has 3 N–H and O–H groups in total. The van der Waals surface area contributed by atoms with Crippen LogP contribution in [0.3, 0.4) is 0 Å². The van der Waals surface area contributed by atoms with Gasteiger partial charge >= 0.3 is 0 Å². The van der Waals surface area contributed by atoms with Gasteiger partial charge in [0, 0.05) is 18.3 Å². The lowest BCUT2D eigenvalue weighted by atomic mass is 10.0. The first-order valence-electron chi connectivity index (χ1n) is 5.49. The van der Waals surface area contributed by atoms with Crippen LogP contribution >= 0.6 is 0 Å². The Balaban J connectivity index is 2.14. The van der Waals surface area contributed by atoms with Crippen molar-refractivity contribution in [1.82, 2.24) is 0 Å². The molecule has 0 bridgehead atoms. The molecule has 0 spiro atoms. The van der Waals surface area contributed by atoms with E-state index in [1.165, 1.54) is 5.56 Å². The number of hydrogen-bond acceptors (Lipinski definition) is 3. The number of aryl methyl sites for hydroxylation is 1. The summed E-state index contributed by atoms with van der Waals surface area (Å²) in [6, 6.07) is 5.84. The third-order valence-corrected chi connectivity index (χ3v) is 2.73. The topological polar surface area (TPSA) is 64.3 Å². The maximum atomic E-state index is 10.9. The lowest BCUT2D eigenvalue weighted by Gasteiger charge is -2.19. The molecular weight excluding hydrogens is 204 g/mol. The van der Waals surface area contributed by atoms with E-state index in [1.807, 2.05) is 18.2 Å².